The maximum absolute atomic E-state index is 11.6. The first-order valence-electron chi connectivity index (χ1n) is 4.73. The van der Waals surface area contributed by atoms with Crippen LogP contribution in [0.5, 0.6) is 0 Å². The van der Waals surface area contributed by atoms with Gasteiger partial charge in [-0.3, -0.25) is 4.79 Å². The number of piperazine rings is 1. The lowest BCUT2D eigenvalue weighted by Crippen LogP contribution is -2.49. The van der Waals surface area contributed by atoms with Crippen molar-refractivity contribution in [1.29, 1.82) is 0 Å². The first-order valence-corrected chi connectivity index (χ1v) is 4.73. The minimum atomic E-state index is -0.247. The van der Waals surface area contributed by atoms with Gasteiger partial charge in [-0.1, -0.05) is 6.92 Å². The second-order valence-electron chi connectivity index (χ2n) is 3.71. The molecule has 1 heterocycles. The molecule has 0 aromatic heterocycles. The minimum absolute atomic E-state index is 0.0504. The lowest BCUT2D eigenvalue weighted by Gasteiger charge is -2.33. The molecule has 0 aliphatic carbocycles. The van der Waals surface area contributed by atoms with Crippen LogP contribution in [0.15, 0.2) is 0 Å². The summed E-state index contributed by atoms with van der Waals surface area (Å²) < 4.78 is 0. The molecule has 1 aliphatic rings. The van der Waals surface area contributed by atoms with Gasteiger partial charge >= 0.3 is 0 Å². The van der Waals surface area contributed by atoms with Crippen LogP contribution < -0.4 is 0 Å². The molecule has 1 aliphatic heterocycles. The highest BCUT2D eigenvalue weighted by atomic mass is 16.3. The number of aliphatic hydroxyl groups is 1. The van der Waals surface area contributed by atoms with E-state index in [1.807, 2.05) is 4.90 Å². The highest BCUT2D eigenvalue weighted by Crippen LogP contribution is 2.05. The Hall–Kier alpha value is -0.610. The zero-order chi connectivity index (χ0) is 9.84. The zero-order valence-electron chi connectivity index (χ0n) is 8.36. The Morgan fingerprint density at radius 2 is 1.92 bits per heavy atom. The molecule has 1 unspecified atom stereocenters. The molecule has 0 aromatic carbocycles. The molecule has 0 radical (unpaired) electrons. The van der Waals surface area contributed by atoms with E-state index in [-0.39, 0.29) is 18.4 Å². The highest BCUT2D eigenvalue weighted by Gasteiger charge is 2.22. The highest BCUT2D eigenvalue weighted by molar-refractivity contribution is 5.78. The van der Waals surface area contributed by atoms with Gasteiger partial charge in [0.05, 0.1) is 12.5 Å². The van der Waals surface area contributed by atoms with Gasteiger partial charge in [0.1, 0.15) is 0 Å². The molecule has 13 heavy (non-hydrogen) atoms. The number of carbonyl (C=O) groups excluding carboxylic acids is 1. The van der Waals surface area contributed by atoms with Crippen LogP contribution in [-0.2, 0) is 4.79 Å². The summed E-state index contributed by atoms with van der Waals surface area (Å²) in [5.74, 6) is -0.168. The normalized spacial score (nSPS) is 21.6. The summed E-state index contributed by atoms with van der Waals surface area (Å²) >= 11 is 0. The van der Waals surface area contributed by atoms with Gasteiger partial charge in [0, 0.05) is 26.2 Å². The van der Waals surface area contributed by atoms with Crippen molar-refractivity contribution in [2.45, 2.75) is 6.92 Å². The van der Waals surface area contributed by atoms with Crippen LogP contribution in [0, 0.1) is 5.92 Å². The van der Waals surface area contributed by atoms with Crippen LogP contribution >= 0.6 is 0 Å². The Kier molecular flexibility index (Phi) is 3.69. The summed E-state index contributed by atoms with van der Waals surface area (Å²) in [6.07, 6.45) is 0. The number of carbonyl (C=O) groups is 1. The molecule has 1 rings (SSSR count). The summed E-state index contributed by atoms with van der Waals surface area (Å²) in [6.45, 7) is 5.17. The smallest absolute Gasteiger partial charge is 0.227 e. The van der Waals surface area contributed by atoms with Crippen molar-refractivity contribution in [3.63, 3.8) is 0 Å². The molecule has 0 bridgehead atoms. The predicted molar refractivity (Wildman–Crippen MR) is 50.3 cm³/mol. The van der Waals surface area contributed by atoms with Crippen LogP contribution in [0.3, 0.4) is 0 Å². The van der Waals surface area contributed by atoms with Crippen LogP contribution in [0.25, 0.3) is 0 Å². The van der Waals surface area contributed by atoms with Gasteiger partial charge in [0.25, 0.3) is 0 Å². The molecule has 1 saturated heterocycles. The fourth-order valence-electron chi connectivity index (χ4n) is 1.42. The van der Waals surface area contributed by atoms with E-state index in [0.717, 1.165) is 26.2 Å². The SMILES string of the molecule is CC(CO)C(=O)N1CCN(C)CC1. The van der Waals surface area contributed by atoms with Crippen LogP contribution in [0.1, 0.15) is 6.92 Å². The fourth-order valence-corrected chi connectivity index (χ4v) is 1.42. The van der Waals surface area contributed by atoms with Crippen molar-refractivity contribution >= 4 is 5.91 Å². The van der Waals surface area contributed by atoms with Crippen LogP contribution in [0.4, 0.5) is 0 Å². The third kappa shape index (κ3) is 2.67. The average molecular weight is 186 g/mol. The van der Waals surface area contributed by atoms with Gasteiger partial charge in [-0.2, -0.15) is 0 Å². The molecule has 0 spiro atoms. The lowest BCUT2D eigenvalue weighted by molar-refractivity contribution is -0.137. The number of hydrogen-bond donors (Lipinski definition) is 1. The molecule has 1 amide bonds. The number of hydrogen-bond acceptors (Lipinski definition) is 3. The molecule has 4 heteroatoms. The van der Waals surface area contributed by atoms with Crippen molar-refractivity contribution in [2.75, 3.05) is 39.8 Å². The molecule has 1 fully saturated rings. The molecule has 4 nitrogen and oxygen atoms in total. The minimum Gasteiger partial charge on any atom is -0.396 e. The van der Waals surface area contributed by atoms with E-state index in [4.69, 9.17) is 5.11 Å². The number of rotatable bonds is 2. The van der Waals surface area contributed by atoms with Crippen molar-refractivity contribution in [3.05, 3.63) is 0 Å². The molecule has 1 atom stereocenters. The standard InChI is InChI=1S/C9H18N2O2/c1-8(7-12)9(13)11-5-3-10(2)4-6-11/h8,12H,3-7H2,1-2H3. The van der Waals surface area contributed by atoms with Crippen molar-refractivity contribution < 1.29 is 9.90 Å². The second-order valence-corrected chi connectivity index (χ2v) is 3.71. The summed E-state index contributed by atoms with van der Waals surface area (Å²) in [5, 5.41) is 8.83. The quantitative estimate of drug-likeness (QED) is 0.625. The maximum Gasteiger partial charge on any atom is 0.227 e. The molecular weight excluding hydrogens is 168 g/mol. The third-order valence-corrected chi connectivity index (χ3v) is 2.51. The van der Waals surface area contributed by atoms with Gasteiger partial charge in [-0.15, -0.1) is 0 Å². The number of likely N-dealkylation sites (N-methyl/N-ethyl adjacent to an activating group) is 1. The molecular formula is C9H18N2O2. The van der Waals surface area contributed by atoms with Gasteiger partial charge in [-0.25, -0.2) is 0 Å². The average Bonchev–Trinajstić information content (AvgIpc) is 2.17. The largest absolute Gasteiger partial charge is 0.396 e. The Bertz CT molecular complexity index is 176. The van der Waals surface area contributed by atoms with Gasteiger partial charge in [-0.05, 0) is 7.05 Å². The number of amides is 1. The van der Waals surface area contributed by atoms with E-state index in [0.29, 0.717) is 0 Å². The Morgan fingerprint density at radius 3 is 2.38 bits per heavy atom. The van der Waals surface area contributed by atoms with Gasteiger partial charge in [0.15, 0.2) is 0 Å². The van der Waals surface area contributed by atoms with Crippen molar-refractivity contribution in [1.82, 2.24) is 9.80 Å². The van der Waals surface area contributed by atoms with E-state index < -0.39 is 0 Å². The van der Waals surface area contributed by atoms with E-state index in [1.54, 1.807) is 6.92 Å². The number of nitrogens with zero attached hydrogens (tertiary/aromatic N) is 2. The van der Waals surface area contributed by atoms with Crippen molar-refractivity contribution in [3.8, 4) is 0 Å². The molecule has 0 saturated carbocycles. The van der Waals surface area contributed by atoms with E-state index in [9.17, 15) is 4.79 Å². The first kappa shape index (κ1) is 10.5. The Morgan fingerprint density at radius 1 is 1.38 bits per heavy atom. The topological polar surface area (TPSA) is 43.8 Å². The first-order chi connectivity index (χ1) is 6.15. The Labute approximate surface area is 79.1 Å². The monoisotopic (exact) mass is 186 g/mol. The fraction of sp³-hybridized carbons (Fsp3) is 0.889. The van der Waals surface area contributed by atoms with Crippen LogP contribution in [0.2, 0.25) is 0 Å². The third-order valence-electron chi connectivity index (χ3n) is 2.51. The molecule has 0 aromatic rings. The van der Waals surface area contributed by atoms with E-state index in [1.165, 1.54) is 0 Å². The van der Waals surface area contributed by atoms with Crippen LogP contribution in [-0.4, -0.2) is 60.6 Å². The summed E-state index contributed by atoms with van der Waals surface area (Å²) in [5.41, 5.74) is 0. The molecule has 76 valence electrons. The predicted octanol–water partition coefficient (Wildman–Crippen LogP) is -0.611. The van der Waals surface area contributed by atoms with Gasteiger partial charge < -0.3 is 14.9 Å². The summed E-state index contributed by atoms with van der Waals surface area (Å²) in [4.78, 5) is 15.6. The molecule has 1 N–H and O–H groups in total. The number of aliphatic hydroxyl groups excluding tert-OH is 1. The van der Waals surface area contributed by atoms with E-state index >= 15 is 0 Å². The lowest BCUT2D eigenvalue weighted by atomic mass is 10.1. The van der Waals surface area contributed by atoms with Crippen molar-refractivity contribution in [2.24, 2.45) is 5.92 Å². The maximum atomic E-state index is 11.6. The second kappa shape index (κ2) is 4.58. The zero-order valence-corrected chi connectivity index (χ0v) is 8.36. The summed E-state index contributed by atoms with van der Waals surface area (Å²) in [7, 11) is 2.05. The summed E-state index contributed by atoms with van der Waals surface area (Å²) in [6, 6.07) is 0. The van der Waals surface area contributed by atoms with E-state index in [2.05, 4.69) is 11.9 Å². The Balaban J connectivity index is 2.40. The van der Waals surface area contributed by atoms with Gasteiger partial charge in [0.2, 0.25) is 5.91 Å².